The summed E-state index contributed by atoms with van der Waals surface area (Å²) in [5.41, 5.74) is -2.07. The van der Waals surface area contributed by atoms with E-state index in [1.807, 2.05) is 13.8 Å². The van der Waals surface area contributed by atoms with Gasteiger partial charge in [0.05, 0.1) is 62.2 Å². The SMILES string of the molecule is CCOC(OC1C(O)CO[C@H](OC2C(C)OC(OC3C(OC(=O)[C@@]45CCC6C(=CCC7[C@@]6(C)CCC6C(C)(C)[C@@H](OC8OC(C(=O)O)C(O)C(OC9OCC(O)C(O)C9O)C8OC8OC(CO)C(O)C(O)C8O)CC[C@@]67C)C4CC(C)(C)CC5)OC(C)C(OC(=O)[C@@H](C)CC)C3OC3OC(C)C(O)C(O)C3O)C(O)C2O)C1O)C(O)[C@@H](O)CO. The molecule has 19 N–H and O–H groups in total. The molecule has 4 saturated carbocycles. The van der Waals surface area contributed by atoms with Crippen LogP contribution in [-0.2, 0) is 94.9 Å². The molecular formula is C80H130O39. The molecule has 7 heterocycles. The van der Waals surface area contributed by atoms with Gasteiger partial charge in [0.15, 0.2) is 62.3 Å². The van der Waals surface area contributed by atoms with Crippen LogP contribution in [0.4, 0.5) is 0 Å². The molecule has 39 heteroatoms. The summed E-state index contributed by atoms with van der Waals surface area (Å²) in [4.78, 5) is 43.5. The Bertz CT molecular complexity index is 3410. The summed E-state index contributed by atoms with van der Waals surface area (Å²) in [7, 11) is 0. The van der Waals surface area contributed by atoms with Gasteiger partial charge in [-0.1, -0.05) is 67.0 Å². The Balaban J connectivity index is 0.824. The zero-order valence-corrected chi connectivity index (χ0v) is 69.3. The van der Waals surface area contributed by atoms with Crippen molar-refractivity contribution in [2.45, 2.75) is 381 Å². The lowest BCUT2D eigenvalue weighted by Gasteiger charge is -2.68. The average molecular weight is 1720 g/mol. The van der Waals surface area contributed by atoms with Crippen LogP contribution in [0.5, 0.6) is 0 Å². The molecule has 38 unspecified atom stereocenters. The van der Waals surface area contributed by atoms with Gasteiger partial charge in [-0.3, -0.25) is 9.59 Å². The molecule has 0 aromatic rings. The smallest absolute Gasteiger partial charge is 0.335 e. The summed E-state index contributed by atoms with van der Waals surface area (Å²) in [6, 6.07) is 0. The number of hydrogen-bond acceptors (Lipinski definition) is 38. The first-order valence-corrected chi connectivity index (χ1v) is 42.1. The number of ether oxygens (including phenoxy) is 17. The predicted molar refractivity (Wildman–Crippen MR) is 397 cm³/mol. The van der Waals surface area contributed by atoms with Crippen molar-refractivity contribution < 1.29 is 192 Å². The Kier molecular flexibility index (Phi) is 30.0. The summed E-state index contributed by atoms with van der Waals surface area (Å²) in [5.74, 6) is -4.42. The minimum absolute atomic E-state index is 0.0173. The molecule has 0 bridgehead atoms. The number of aliphatic hydroxyl groups is 18. The van der Waals surface area contributed by atoms with E-state index >= 15 is 4.79 Å². The zero-order chi connectivity index (χ0) is 87.1. The van der Waals surface area contributed by atoms with Gasteiger partial charge in [0.1, 0.15) is 134 Å². The number of allylic oxidation sites excluding steroid dienone is 2. The highest BCUT2D eigenvalue weighted by Gasteiger charge is 2.69. The number of aliphatic hydroxyl groups excluding tert-OH is 18. The van der Waals surface area contributed by atoms with Crippen molar-refractivity contribution in [2.75, 3.05) is 33.0 Å². The second-order valence-electron chi connectivity index (χ2n) is 37.1. The molecule has 5 aliphatic carbocycles. The quantitative estimate of drug-likeness (QED) is 0.0171. The van der Waals surface area contributed by atoms with Crippen LogP contribution in [-0.4, -0.2) is 375 Å². The van der Waals surface area contributed by atoms with Gasteiger partial charge in [0.2, 0.25) is 6.29 Å². The Labute approximate surface area is 689 Å². The molecule has 45 atom stereocenters. The van der Waals surface area contributed by atoms with Gasteiger partial charge in [0.25, 0.3) is 0 Å². The molecule has 119 heavy (non-hydrogen) atoms. The number of hydrogen-bond donors (Lipinski definition) is 19. The topological polar surface area (TPSA) is 592 Å². The number of carbonyl (C=O) groups is 3. The fourth-order valence-corrected chi connectivity index (χ4v) is 21.4. The second kappa shape index (κ2) is 37.6. The highest BCUT2D eigenvalue weighted by Crippen LogP contribution is 2.73. The Morgan fingerprint density at radius 2 is 1.07 bits per heavy atom. The van der Waals surface area contributed by atoms with E-state index < -0.39 is 305 Å². The number of aliphatic carboxylic acids is 1. The van der Waals surface area contributed by atoms with Crippen LogP contribution in [0.25, 0.3) is 0 Å². The van der Waals surface area contributed by atoms with Crippen molar-refractivity contribution in [3.63, 3.8) is 0 Å². The lowest BCUT2D eigenvalue weighted by atomic mass is 9.37. The zero-order valence-electron chi connectivity index (χ0n) is 69.3. The summed E-state index contributed by atoms with van der Waals surface area (Å²) in [5, 5.41) is 209. The summed E-state index contributed by atoms with van der Waals surface area (Å²) in [6.45, 7) is 19.3. The van der Waals surface area contributed by atoms with Crippen LogP contribution >= 0.6 is 0 Å². The van der Waals surface area contributed by atoms with E-state index in [2.05, 4.69) is 33.8 Å². The van der Waals surface area contributed by atoms with Crippen molar-refractivity contribution >= 4 is 17.9 Å². The first kappa shape index (κ1) is 94.9. The third-order valence-corrected chi connectivity index (χ3v) is 28.7. The van der Waals surface area contributed by atoms with Crippen LogP contribution in [0.1, 0.15) is 154 Å². The molecule has 0 spiro atoms. The van der Waals surface area contributed by atoms with Crippen LogP contribution < -0.4 is 0 Å². The molecule has 684 valence electrons. The highest BCUT2D eigenvalue weighted by atomic mass is 16.8. The van der Waals surface area contributed by atoms with Gasteiger partial charge < -0.3 is 178 Å². The van der Waals surface area contributed by atoms with Crippen molar-refractivity contribution in [3.8, 4) is 0 Å². The maximum absolute atomic E-state index is 16.4. The van der Waals surface area contributed by atoms with E-state index in [1.165, 1.54) is 27.7 Å². The van der Waals surface area contributed by atoms with Crippen molar-refractivity contribution in [2.24, 2.45) is 56.7 Å². The predicted octanol–water partition coefficient (Wildman–Crippen LogP) is -3.80. The van der Waals surface area contributed by atoms with Crippen molar-refractivity contribution in [1.29, 1.82) is 0 Å². The third-order valence-electron chi connectivity index (χ3n) is 28.7. The number of carboxylic acids is 1. The van der Waals surface area contributed by atoms with Crippen LogP contribution in [0.2, 0.25) is 0 Å². The van der Waals surface area contributed by atoms with E-state index in [0.717, 1.165) is 5.57 Å². The number of carboxylic acid groups (broad SMARTS) is 1. The fourth-order valence-electron chi connectivity index (χ4n) is 21.4. The largest absolute Gasteiger partial charge is 0.479 e. The fraction of sp³-hybridized carbons (Fsp3) is 0.938. The van der Waals surface area contributed by atoms with Crippen LogP contribution in [0, 0.1) is 56.7 Å². The maximum atomic E-state index is 16.4. The van der Waals surface area contributed by atoms with E-state index in [4.69, 9.17) is 80.5 Å². The lowest BCUT2D eigenvalue weighted by molar-refractivity contribution is -0.392. The Morgan fingerprint density at radius 3 is 1.71 bits per heavy atom. The first-order valence-electron chi connectivity index (χ1n) is 42.1. The van der Waals surface area contributed by atoms with Gasteiger partial charge in [-0.2, -0.15) is 0 Å². The number of esters is 2. The van der Waals surface area contributed by atoms with E-state index in [0.29, 0.717) is 70.6 Å². The van der Waals surface area contributed by atoms with Gasteiger partial charge >= 0.3 is 17.9 Å². The maximum Gasteiger partial charge on any atom is 0.335 e. The van der Waals surface area contributed by atoms with Gasteiger partial charge in [-0.25, -0.2) is 4.79 Å². The molecule has 0 aromatic heterocycles. The Hall–Kier alpha value is -3.17. The standard InChI is InChI=1S/C80H130O39/c1-13-30(3)66(101)111-58-33(6)108-73(64(62(58)116-70-52(94)48(90)44(86)31(4)106-70)118-71-54(96)50(92)57(32(5)107-71)112-69-56(98)59(39(85)29-105-69)113-67(103-14-2)46(88)37(83)26-81)119-75(102)80-22-17-35-34(36(80)25-76(7,8)23-24-80)15-16-42-78(35,11)20-18-41-77(9,10)43(19-21-79(41,42)12)110-74-63(117-72-53(95)49(91)47(89)40(27-82)109-72)60(55(97)61(115-74)65(99)100)114-68-51(93)45(87)38(84)28-104-68/h15,30-33,35-64,67-74,81-98H,13-14,16-29H2,1-12H3,(H,99,100)/t30-,31?,32?,33?,35?,36?,37-,38?,39?,40?,41?,42?,43-,44?,45?,46?,47?,48?,49?,50?,51?,52?,53?,54?,55?,56?,57?,58?,59?,60?,61?,62?,63?,64?,67?,68?,69+,70?,71?,72?,73?,74?,78-,79-,80+/m0/s1. The van der Waals surface area contributed by atoms with E-state index in [1.54, 1.807) is 13.8 Å². The molecule has 0 aromatic carbocycles. The van der Waals surface area contributed by atoms with Crippen molar-refractivity contribution in [1.82, 2.24) is 0 Å². The van der Waals surface area contributed by atoms with Gasteiger partial charge in [0, 0.05) is 6.61 Å². The van der Waals surface area contributed by atoms with E-state index in [-0.39, 0.29) is 29.8 Å². The molecule has 11 fully saturated rings. The molecule has 7 saturated heterocycles. The number of rotatable bonds is 26. The third kappa shape index (κ3) is 18.3. The van der Waals surface area contributed by atoms with Crippen molar-refractivity contribution in [3.05, 3.63) is 11.6 Å². The summed E-state index contributed by atoms with van der Waals surface area (Å²) in [6.07, 6.45) is -57.3. The number of carbonyl (C=O) groups excluding carboxylic acids is 2. The Morgan fingerprint density at radius 1 is 0.504 bits per heavy atom. The first-order chi connectivity index (χ1) is 55.9. The minimum atomic E-state index is -2.16. The second-order valence-corrected chi connectivity index (χ2v) is 37.1. The normalized spacial score (nSPS) is 49.6. The van der Waals surface area contributed by atoms with Gasteiger partial charge in [-0.05, 0) is 144 Å². The molecule has 12 rings (SSSR count). The molecule has 0 radical (unpaired) electrons. The average Bonchev–Trinajstić information content (AvgIpc) is 0.686. The lowest BCUT2D eigenvalue weighted by Crippen LogP contribution is -2.68. The molecular weight excluding hydrogens is 1580 g/mol. The molecule has 7 aliphatic heterocycles. The minimum Gasteiger partial charge on any atom is -0.479 e. The van der Waals surface area contributed by atoms with E-state index in [9.17, 15) is 107 Å². The summed E-state index contributed by atoms with van der Waals surface area (Å²) < 4.78 is 105. The monoisotopic (exact) mass is 1710 g/mol. The number of fused-ring (bicyclic) bond motifs is 7. The molecule has 12 aliphatic rings. The van der Waals surface area contributed by atoms with Crippen LogP contribution in [0.3, 0.4) is 0 Å². The van der Waals surface area contributed by atoms with Gasteiger partial charge in [-0.15, -0.1) is 0 Å². The van der Waals surface area contributed by atoms with Crippen LogP contribution in [0.15, 0.2) is 11.6 Å². The molecule has 39 nitrogen and oxygen atoms in total. The molecule has 0 amide bonds. The summed E-state index contributed by atoms with van der Waals surface area (Å²) >= 11 is 0. The highest BCUT2D eigenvalue weighted by molar-refractivity contribution is 5.79.